The molecule has 0 saturated carbocycles. The van der Waals surface area contributed by atoms with E-state index in [0.717, 1.165) is 15.6 Å². The van der Waals surface area contributed by atoms with Gasteiger partial charge in [-0.25, -0.2) is 8.42 Å². The number of aliphatic hydroxyl groups excluding tert-OH is 1. The third-order valence-electron chi connectivity index (χ3n) is 3.57. The second kappa shape index (κ2) is 5.78. The van der Waals surface area contributed by atoms with Crippen molar-refractivity contribution in [1.82, 2.24) is 0 Å². The van der Waals surface area contributed by atoms with E-state index < -0.39 is 16.1 Å². The zero-order valence-electron chi connectivity index (χ0n) is 12.6. The number of hydrogen-bond acceptors (Lipinski definition) is 4. The van der Waals surface area contributed by atoms with Gasteiger partial charge in [-0.1, -0.05) is 22.0 Å². The third kappa shape index (κ3) is 3.06. The van der Waals surface area contributed by atoms with E-state index in [9.17, 15) is 13.5 Å². The fraction of sp³-hybridized carbons (Fsp3) is 0.176. The van der Waals surface area contributed by atoms with Crippen molar-refractivity contribution in [3.05, 3.63) is 62.5 Å². The molecule has 1 N–H and O–H groups in total. The molecular weight excluding hydrogens is 380 g/mol. The smallest absolute Gasteiger partial charge is 0.235 e. The Morgan fingerprint density at radius 2 is 1.74 bits per heavy atom. The third-order valence-corrected chi connectivity index (χ3v) is 5.86. The first-order chi connectivity index (χ1) is 10.8. The summed E-state index contributed by atoms with van der Waals surface area (Å²) in [4.78, 5) is -0.00422. The molecule has 0 bridgehead atoms. The minimum Gasteiger partial charge on any atom is -0.459 e. The predicted octanol–water partition coefficient (Wildman–Crippen LogP) is 3.59. The molecule has 0 fully saturated rings. The van der Waals surface area contributed by atoms with Crippen LogP contribution in [0.3, 0.4) is 0 Å². The van der Waals surface area contributed by atoms with E-state index in [2.05, 4.69) is 15.9 Å². The van der Waals surface area contributed by atoms with E-state index in [4.69, 9.17) is 4.74 Å². The number of aryl methyl sites for hydroxylation is 2. The highest BCUT2D eigenvalue weighted by Crippen LogP contribution is 2.35. The zero-order chi connectivity index (χ0) is 16.8. The number of sulfone groups is 1. The van der Waals surface area contributed by atoms with Crippen LogP contribution in [0.5, 0.6) is 5.75 Å². The number of aliphatic hydroxyl groups is 1. The molecule has 23 heavy (non-hydrogen) atoms. The molecule has 0 saturated heterocycles. The number of hydrogen-bond donors (Lipinski definition) is 1. The summed E-state index contributed by atoms with van der Waals surface area (Å²) in [7, 11) is -3.84. The lowest BCUT2D eigenvalue weighted by Crippen LogP contribution is -2.27. The zero-order valence-corrected chi connectivity index (χ0v) is 15.0. The first kappa shape index (κ1) is 16.2. The van der Waals surface area contributed by atoms with Gasteiger partial charge in [0, 0.05) is 10.0 Å². The van der Waals surface area contributed by atoms with Gasteiger partial charge >= 0.3 is 0 Å². The Kier molecular flexibility index (Phi) is 4.08. The van der Waals surface area contributed by atoms with Gasteiger partial charge in [-0.2, -0.15) is 0 Å². The molecule has 2 aromatic carbocycles. The molecule has 2 aromatic rings. The molecule has 3 rings (SSSR count). The summed E-state index contributed by atoms with van der Waals surface area (Å²) >= 11 is 3.34. The molecule has 6 heteroatoms. The van der Waals surface area contributed by atoms with E-state index in [1.807, 2.05) is 19.9 Å². The lowest BCUT2D eigenvalue weighted by Gasteiger charge is -2.23. The molecule has 1 unspecified atom stereocenters. The van der Waals surface area contributed by atoms with E-state index in [-0.39, 0.29) is 9.80 Å². The number of ether oxygens (including phenoxy) is 1. The van der Waals surface area contributed by atoms with Crippen LogP contribution in [0, 0.1) is 13.8 Å². The molecule has 0 amide bonds. The maximum absolute atomic E-state index is 12.9. The van der Waals surface area contributed by atoms with Crippen molar-refractivity contribution in [2.75, 3.05) is 0 Å². The molecule has 1 aliphatic rings. The second-order valence-electron chi connectivity index (χ2n) is 5.53. The molecule has 4 nitrogen and oxygen atoms in total. The average Bonchev–Trinajstić information content (AvgIpc) is 2.46. The molecule has 120 valence electrons. The summed E-state index contributed by atoms with van der Waals surface area (Å²) in [6.45, 7) is 3.67. The Balaban J connectivity index is 2.16. The molecule has 0 radical (unpaired) electrons. The minimum atomic E-state index is -3.84. The van der Waals surface area contributed by atoms with Gasteiger partial charge in [0.05, 0.1) is 4.90 Å². The van der Waals surface area contributed by atoms with Gasteiger partial charge in [0.15, 0.2) is 0 Å². The normalized spacial score (nSPS) is 17.2. The van der Waals surface area contributed by atoms with Gasteiger partial charge in [0.2, 0.25) is 16.1 Å². The average molecular weight is 395 g/mol. The van der Waals surface area contributed by atoms with Gasteiger partial charge in [-0.05, 0) is 61.4 Å². The highest BCUT2D eigenvalue weighted by Gasteiger charge is 2.32. The topological polar surface area (TPSA) is 63.6 Å². The maximum atomic E-state index is 12.9. The van der Waals surface area contributed by atoms with Crippen molar-refractivity contribution in [2.24, 2.45) is 0 Å². The lowest BCUT2D eigenvalue weighted by atomic mass is 10.1. The fourth-order valence-corrected chi connectivity index (χ4v) is 4.51. The quantitative estimate of drug-likeness (QED) is 0.844. The summed E-state index contributed by atoms with van der Waals surface area (Å²) in [5.41, 5.74) is 2.30. The molecular formula is C17H15BrO4S. The summed E-state index contributed by atoms with van der Waals surface area (Å²) in [6.07, 6.45) is -0.0594. The fourth-order valence-electron chi connectivity index (χ4n) is 2.58. The number of halogens is 1. The van der Waals surface area contributed by atoms with Crippen LogP contribution < -0.4 is 4.74 Å². The van der Waals surface area contributed by atoms with Crippen molar-refractivity contribution >= 4 is 31.8 Å². The van der Waals surface area contributed by atoms with Crippen LogP contribution in [0.1, 0.15) is 16.7 Å². The standard InChI is InChI=1S/C17H15BrO4S/c1-10-5-11(2)7-14(6-10)23(20,21)16-9-12-8-13(18)3-4-15(12)22-17(16)19/h3-9,17,19H,1-2H3. The van der Waals surface area contributed by atoms with Crippen molar-refractivity contribution in [2.45, 2.75) is 25.0 Å². The maximum Gasteiger partial charge on any atom is 0.235 e. The largest absolute Gasteiger partial charge is 0.459 e. The summed E-state index contributed by atoms with van der Waals surface area (Å²) < 4.78 is 31.9. The van der Waals surface area contributed by atoms with Gasteiger partial charge < -0.3 is 9.84 Å². The monoisotopic (exact) mass is 394 g/mol. The molecule has 0 aliphatic carbocycles. The van der Waals surface area contributed by atoms with Gasteiger partial charge in [0.1, 0.15) is 10.7 Å². The van der Waals surface area contributed by atoms with Crippen molar-refractivity contribution in [1.29, 1.82) is 0 Å². The molecule has 1 heterocycles. The van der Waals surface area contributed by atoms with E-state index >= 15 is 0 Å². The van der Waals surface area contributed by atoms with Crippen molar-refractivity contribution in [3.8, 4) is 5.75 Å². The first-order valence-electron chi connectivity index (χ1n) is 6.96. The Hall–Kier alpha value is -1.63. The number of fused-ring (bicyclic) bond motifs is 1. The Labute approximate surface area is 143 Å². The van der Waals surface area contributed by atoms with Crippen LogP contribution in [0.15, 0.2) is 50.7 Å². The first-order valence-corrected chi connectivity index (χ1v) is 9.24. The molecule has 0 spiro atoms. The summed E-state index contributed by atoms with van der Waals surface area (Å²) in [6, 6.07) is 10.3. The molecule has 0 aromatic heterocycles. The van der Waals surface area contributed by atoms with Crippen LogP contribution in [-0.4, -0.2) is 19.8 Å². The van der Waals surface area contributed by atoms with E-state index in [1.165, 1.54) is 6.08 Å². The Morgan fingerprint density at radius 3 is 2.39 bits per heavy atom. The van der Waals surface area contributed by atoms with E-state index in [0.29, 0.717) is 11.3 Å². The van der Waals surface area contributed by atoms with Gasteiger partial charge in [-0.15, -0.1) is 0 Å². The van der Waals surface area contributed by atoms with Crippen LogP contribution in [0.25, 0.3) is 6.08 Å². The molecule has 1 atom stereocenters. The van der Waals surface area contributed by atoms with Crippen LogP contribution in [0.2, 0.25) is 0 Å². The minimum absolute atomic E-state index is 0.155. The van der Waals surface area contributed by atoms with Crippen molar-refractivity contribution < 1.29 is 18.3 Å². The number of benzene rings is 2. The summed E-state index contributed by atoms with van der Waals surface area (Å²) in [5.74, 6) is 0.445. The highest BCUT2D eigenvalue weighted by atomic mass is 79.9. The highest BCUT2D eigenvalue weighted by molar-refractivity contribution is 9.10. The van der Waals surface area contributed by atoms with Crippen molar-refractivity contribution in [3.63, 3.8) is 0 Å². The van der Waals surface area contributed by atoms with Crippen LogP contribution >= 0.6 is 15.9 Å². The summed E-state index contributed by atoms with van der Waals surface area (Å²) in [5, 5.41) is 10.1. The Morgan fingerprint density at radius 1 is 1.09 bits per heavy atom. The SMILES string of the molecule is Cc1cc(C)cc(S(=O)(=O)C2=Cc3cc(Br)ccc3OC2O)c1. The van der Waals surface area contributed by atoms with E-state index in [1.54, 1.807) is 30.3 Å². The van der Waals surface area contributed by atoms with Crippen LogP contribution in [-0.2, 0) is 9.84 Å². The molecule has 1 aliphatic heterocycles. The predicted molar refractivity (Wildman–Crippen MR) is 91.9 cm³/mol. The van der Waals surface area contributed by atoms with Crippen LogP contribution in [0.4, 0.5) is 0 Å². The number of rotatable bonds is 2. The lowest BCUT2D eigenvalue weighted by molar-refractivity contribution is 0.0190. The Bertz CT molecular complexity index is 896. The second-order valence-corrected chi connectivity index (χ2v) is 8.39. The van der Waals surface area contributed by atoms with Gasteiger partial charge in [0.25, 0.3) is 0 Å². The van der Waals surface area contributed by atoms with Gasteiger partial charge in [-0.3, -0.25) is 0 Å².